The predicted octanol–water partition coefficient (Wildman–Crippen LogP) is 6.46. The van der Waals surface area contributed by atoms with Crippen molar-refractivity contribution in [1.82, 2.24) is 0 Å². The summed E-state index contributed by atoms with van der Waals surface area (Å²) >= 11 is 0. The minimum Gasteiger partial charge on any atom is -1.00 e. The van der Waals surface area contributed by atoms with Gasteiger partial charge in [0.15, 0.2) is 0 Å². The Balaban J connectivity index is -0.00000450. The van der Waals surface area contributed by atoms with Gasteiger partial charge in [0.25, 0.3) is 10.1 Å². The largest absolute Gasteiger partial charge is 1.00 e. The van der Waals surface area contributed by atoms with Crippen molar-refractivity contribution in [2.75, 3.05) is 12.4 Å². The van der Waals surface area contributed by atoms with Crippen LogP contribution in [0.4, 0.5) is 0 Å². The van der Waals surface area contributed by atoms with E-state index in [0.29, 0.717) is 6.61 Å². The van der Waals surface area contributed by atoms with Gasteiger partial charge in [-0.15, -0.1) is 0 Å². The summed E-state index contributed by atoms with van der Waals surface area (Å²) in [6, 6.07) is 0. The molecular weight excluding hydrogens is 427 g/mol. The van der Waals surface area contributed by atoms with Gasteiger partial charge in [-0.3, -0.25) is 4.18 Å². The van der Waals surface area contributed by atoms with Crippen LogP contribution < -0.4 is 29.6 Å². The molecule has 0 fully saturated rings. The molecule has 5 heteroatoms. The molecule has 0 heterocycles. The van der Waals surface area contributed by atoms with Crippen LogP contribution >= 0.6 is 0 Å². The molecule has 0 amide bonds. The molecule has 0 aliphatic rings. The van der Waals surface area contributed by atoms with Crippen molar-refractivity contribution >= 4 is 10.1 Å². The third-order valence-electron chi connectivity index (χ3n) is 6.26. The summed E-state index contributed by atoms with van der Waals surface area (Å²) in [7, 11) is -3.30. The first kappa shape index (κ1) is 35.1. The first-order chi connectivity index (χ1) is 15.1. The van der Waals surface area contributed by atoms with Gasteiger partial charge >= 0.3 is 29.6 Å². The molecule has 0 bridgehead atoms. The van der Waals surface area contributed by atoms with Crippen molar-refractivity contribution in [3.63, 3.8) is 0 Å². The molecule has 0 unspecified atom stereocenters. The number of rotatable bonds is 26. The fraction of sp³-hybridized carbons (Fsp3) is 1.00. The molecule has 3 nitrogen and oxygen atoms in total. The van der Waals surface area contributed by atoms with E-state index in [1.807, 2.05) is 0 Å². The maximum absolute atomic E-state index is 11.9. The van der Waals surface area contributed by atoms with E-state index in [4.69, 9.17) is 4.18 Å². The zero-order valence-electron chi connectivity index (χ0n) is 23.3. The molecule has 0 saturated carbocycles. The fourth-order valence-electron chi connectivity index (χ4n) is 4.13. The van der Waals surface area contributed by atoms with Gasteiger partial charge in [-0.2, -0.15) is 8.42 Å². The van der Waals surface area contributed by atoms with E-state index in [2.05, 4.69) is 13.8 Å². The summed E-state index contributed by atoms with van der Waals surface area (Å²) in [6.45, 7) is 4.88. The molecule has 0 aromatic carbocycles. The van der Waals surface area contributed by atoms with Gasteiger partial charge in [-0.05, 0) is 12.8 Å². The zero-order chi connectivity index (χ0) is 22.9. The number of hydrogen-bond acceptors (Lipinski definition) is 3. The molecule has 0 aliphatic heterocycles. The molecule has 0 atom stereocenters. The molecular formula is C27H57NaO3S. The summed E-state index contributed by atoms with van der Waals surface area (Å²) < 4.78 is 29.1. The second-order valence-electron chi connectivity index (χ2n) is 9.51. The number of unbranched alkanes of at least 4 members (excludes halogenated alkanes) is 21. The van der Waals surface area contributed by atoms with Crippen molar-refractivity contribution in [3.8, 4) is 0 Å². The van der Waals surface area contributed by atoms with E-state index in [-0.39, 0.29) is 36.7 Å². The topological polar surface area (TPSA) is 43.4 Å². The van der Waals surface area contributed by atoms with Gasteiger partial charge in [0.1, 0.15) is 0 Å². The molecule has 0 spiro atoms. The van der Waals surface area contributed by atoms with Crippen molar-refractivity contribution in [2.45, 2.75) is 162 Å². The van der Waals surface area contributed by atoms with Crippen LogP contribution in [-0.2, 0) is 14.3 Å². The van der Waals surface area contributed by atoms with Crippen molar-refractivity contribution < 1.29 is 43.6 Å². The van der Waals surface area contributed by atoms with Crippen LogP contribution in [0, 0.1) is 0 Å². The standard InChI is InChI=1S/C27H56O3S.Na.H/c1-3-5-7-9-11-13-14-15-16-17-18-20-22-24-26-30-31(28,29)27-25-23-21-19-12-10-8-6-4-2;;/h3-27H2,1-2H3;;/q;+1;-1. The monoisotopic (exact) mass is 484 g/mol. The van der Waals surface area contributed by atoms with Gasteiger partial charge in [0, 0.05) is 0 Å². The Morgan fingerprint density at radius 1 is 0.469 bits per heavy atom. The van der Waals surface area contributed by atoms with Crippen molar-refractivity contribution in [2.24, 2.45) is 0 Å². The summed E-state index contributed by atoms with van der Waals surface area (Å²) in [5.74, 6) is 0.196. The van der Waals surface area contributed by atoms with Crippen LogP contribution in [-0.4, -0.2) is 20.8 Å². The first-order valence-corrected chi connectivity index (χ1v) is 15.6. The summed E-state index contributed by atoms with van der Waals surface area (Å²) in [5, 5.41) is 0. The average molecular weight is 485 g/mol. The van der Waals surface area contributed by atoms with Crippen LogP contribution in [0.2, 0.25) is 0 Å². The maximum Gasteiger partial charge on any atom is 1.00 e. The van der Waals surface area contributed by atoms with Crippen molar-refractivity contribution in [1.29, 1.82) is 0 Å². The Morgan fingerprint density at radius 2 is 0.750 bits per heavy atom. The van der Waals surface area contributed by atoms with E-state index in [0.717, 1.165) is 32.1 Å². The summed E-state index contributed by atoms with van der Waals surface area (Å²) in [5.41, 5.74) is 0. The fourth-order valence-corrected chi connectivity index (χ4v) is 5.18. The van der Waals surface area contributed by atoms with E-state index in [1.54, 1.807) is 0 Å². The second-order valence-corrected chi connectivity index (χ2v) is 11.3. The third kappa shape index (κ3) is 28.9. The molecule has 0 radical (unpaired) electrons. The molecule has 0 saturated heterocycles. The molecule has 190 valence electrons. The molecule has 32 heavy (non-hydrogen) atoms. The van der Waals surface area contributed by atoms with Gasteiger partial charge in [0.2, 0.25) is 0 Å². The third-order valence-corrected chi connectivity index (χ3v) is 7.57. The van der Waals surface area contributed by atoms with Crippen LogP contribution in [0.3, 0.4) is 0 Å². The predicted molar refractivity (Wildman–Crippen MR) is 138 cm³/mol. The zero-order valence-corrected chi connectivity index (χ0v) is 25.1. The second kappa shape index (κ2) is 28.1. The summed E-state index contributed by atoms with van der Waals surface area (Å²) in [4.78, 5) is 0. The van der Waals surface area contributed by atoms with E-state index in [9.17, 15) is 8.42 Å². The van der Waals surface area contributed by atoms with E-state index < -0.39 is 10.1 Å². The number of hydrogen-bond donors (Lipinski definition) is 0. The Labute approximate surface area is 226 Å². The molecule has 0 aromatic rings. The van der Waals surface area contributed by atoms with Gasteiger partial charge in [0.05, 0.1) is 12.4 Å². The van der Waals surface area contributed by atoms with Gasteiger partial charge < -0.3 is 1.43 Å². The normalized spacial score (nSPS) is 11.6. The first-order valence-electron chi connectivity index (χ1n) is 14.0. The molecule has 0 N–H and O–H groups in total. The SMILES string of the molecule is CCCCCCCCCCCCCCCCOS(=O)(=O)CCCCCCCCCCC.[H-].[Na+]. The van der Waals surface area contributed by atoms with Crippen molar-refractivity contribution in [3.05, 3.63) is 0 Å². The Hall–Kier alpha value is 0.910. The van der Waals surface area contributed by atoms with Crippen LogP contribution in [0.15, 0.2) is 0 Å². The molecule has 0 aromatic heterocycles. The Bertz CT molecular complexity index is 447. The van der Waals surface area contributed by atoms with Crippen LogP contribution in [0.5, 0.6) is 0 Å². The van der Waals surface area contributed by atoms with Gasteiger partial charge in [-0.1, -0.05) is 149 Å². The minimum absolute atomic E-state index is 0. The average Bonchev–Trinajstić information content (AvgIpc) is 2.75. The molecule has 0 aliphatic carbocycles. The smallest absolute Gasteiger partial charge is 1.00 e. The Morgan fingerprint density at radius 3 is 1.09 bits per heavy atom. The van der Waals surface area contributed by atoms with Crippen LogP contribution in [0.1, 0.15) is 163 Å². The van der Waals surface area contributed by atoms with E-state index >= 15 is 0 Å². The van der Waals surface area contributed by atoms with Crippen LogP contribution in [0.25, 0.3) is 0 Å². The summed E-state index contributed by atoms with van der Waals surface area (Å²) in [6.07, 6.45) is 29.1. The quantitative estimate of drug-likeness (QED) is 0.0803. The maximum atomic E-state index is 11.9. The molecule has 0 rings (SSSR count). The van der Waals surface area contributed by atoms with Gasteiger partial charge in [-0.25, -0.2) is 0 Å². The van der Waals surface area contributed by atoms with E-state index in [1.165, 1.54) is 116 Å². The Kier molecular flexibility index (Phi) is 30.9. The minimum atomic E-state index is -3.30.